The lowest BCUT2D eigenvalue weighted by Crippen LogP contribution is -2.27. The number of nitrogens with zero attached hydrogens (tertiary/aromatic N) is 1. The van der Waals surface area contributed by atoms with E-state index in [-0.39, 0.29) is 12.7 Å². The van der Waals surface area contributed by atoms with Crippen LogP contribution < -0.4 is 23.8 Å². The number of benzene rings is 2. The van der Waals surface area contributed by atoms with Crippen LogP contribution in [-0.2, 0) is 9.59 Å². The molecular formula is C21H17NO6S2. The molecule has 0 saturated carbocycles. The fraction of sp³-hybridized carbons (Fsp3) is 0.190. The van der Waals surface area contributed by atoms with E-state index < -0.39 is 5.97 Å². The van der Waals surface area contributed by atoms with Gasteiger partial charge in [-0.25, -0.2) is 0 Å². The lowest BCUT2D eigenvalue weighted by molar-refractivity contribution is -0.132. The maximum Gasteiger partial charge on any atom is 0.308 e. The number of rotatable bonds is 5. The van der Waals surface area contributed by atoms with Crippen molar-refractivity contribution in [2.45, 2.75) is 13.8 Å². The van der Waals surface area contributed by atoms with Crippen molar-refractivity contribution in [2.75, 3.05) is 18.3 Å². The molecule has 30 heavy (non-hydrogen) atoms. The van der Waals surface area contributed by atoms with Crippen LogP contribution in [0.5, 0.6) is 23.0 Å². The quantitative estimate of drug-likeness (QED) is 0.295. The molecule has 0 bridgehead atoms. The summed E-state index contributed by atoms with van der Waals surface area (Å²) in [4.78, 5) is 26.2. The highest BCUT2D eigenvalue weighted by Gasteiger charge is 2.34. The number of ether oxygens (including phenoxy) is 4. The van der Waals surface area contributed by atoms with Crippen LogP contribution in [-0.4, -0.2) is 29.6 Å². The van der Waals surface area contributed by atoms with E-state index in [1.807, 2.05) is 6.92 Å². The van der Waals surface area contributed by atoms with E-state index in [2.05, 4.69) is 0 Å². The largest absolute Gasteiger partial charge is 0.490 e. The van der Waals surface area contributed by atoms with Crippen molar-refractivity contribution in [3.8, 4) is 23.0 Å². The first-order valence-corrected chi connectivity index (χ1v) is 10.3. The Morgan fingerprint density at radius 3 is 2.77 bits per heavy atom. The summed E-state index contributed by atoms with van der Waals surface area (Å²) in [6, 6.07) is 10.3. The fourth-order valence-corrected chi connectivity index (χ4v) is 4.29. The maximum absolute atomic E-state index is 13.0. The van der Waals surface area contributed by atoms with E-state index in [0.29, 0.717) is 44.5 Å². The number of hydrogen-bond acceptors (Lipinski definition) is 8. The molecule has 0 N–H and O–H groups in total. The van der Waals surface area contributed by atoms with Crippen LogP contribution >= 0.6 is 24.0 Å². The third kappa shape index (κ3) is 3.99. The van der Waals surface area contributed by atoms with Crippen molar-refractivity contribution in [3.05, 3.63) is 46.9 Å². The van der Waals surface area contributed by atoms with Gasteiger partial charge in [0.15, 0.2) is 27.3 Å². The minimum Gasteiger partial charge on any atom is -0.490 e. The minimum atomic E-state index is -0.437. The van der Waals surface area contributed by atoms with Gasteiger partial charge in [0.1, 0.15) is 0 Å². The maximum atomic E-state index is 13.0. The summed E-state index contributed by atoms with van der Waals surface area (Å²) in [7, 11) is 0. The topological polar surface area (TPSA) is 74.3 Å². The first-order chi connectivity index (χ1) is 14.5. The second-order valence-corrected chi connectivity index (χ2v) is 7.96. The van der Waals surface area contributed by atoms with Crippen LogP contribution in [0.25, 0.3) is 6.08 Å². The second kappa shape index (κ2) is 8.37. The van der Waals surface area contributed by atoms with Crippen molar-refractivity contribution in [2.24, 2.45) is 0 Å². The lowest BCUT2D eigenvalue weighted by Gasteiger charge is -2.14. The normalized spacial score (nSPS) is 16.3. The van der Waals surface area contributed by atoms with Gasteiger partial charge in [-0.15, -0.1) is 0 Å². The Morgan fingerprint density at radius 2 is 2.00 bits per heavy atom. The van der Waals surface area contributed by atoms with Crippen LogP contribution in [0.4, 0.5) is 5.69 Å². The number of fused-ring (bicyclic) bond motifs is 1. The van der Waals surface area contributed by atoms with Gasteiger partial charge in [0, 0.05) is 13.0 Å². The fourth-order valence-electron chi connectivity index (χ4n) is 2.99. The molecule has 2 aliphatic rings. The molecule has 4 rings (SSSR count). The number of amides is 1. The number of thioether (sulfide) groups is 1. The third-order valence-electron chi connectivity index (χ3n) is 4.23. The highest BCUT2D eigenvalue weighted by atomic mass is 32.2. The molecular weight excluding hydrogens is 426 g/mol. The lowest BCUT2D eigenvalue weighted by atomic mass is 10.1. The summed E-state index contributed by atoms with van der Waals surface area (Å²) in [5, 5.41) is 0. The van der Waals surface area contributed by atoms with Crippen molar-refractivity contribution in [3.63, 3.8) is 0 Å². The van der Waals surface area contributed by atoms with Crippen molar-refractivity contribution >= 4 is 51.9 Å². The Labute approximate surface area is 182 Å². The van der Waals surface area contributed by atoms with Gasteiger partial charge < -0.3 is 18.9 Å². The number of thiocarbonyl (C=S) groups is 1. The van der Waals surface area contributed by atoms with Crippen LogP contribution in [0.15, 0.2) is 41.3 Å². The van der Waals surface area contributed by atoms with Gasteiger partial charge >= 0.3 is 5.97 Å². The molecule has 1 fully saturated rings. The predicted octanol–water partition coefficient (Wildman–Crippen LogP) is 4.15. The van der Waals surface area contributed by atoms with Crippen LogP contribution in [0, 0.1) is 0 Å². The molecule has 0 atom stereocenters. The number of hydrogen-bond donors (Lipinski definition) is 0. The molecule has 2 heterocycles. The number of carbonyl (C=O) groups is 2. The number of esters is 1. The molecule has 2 aromatic carbocycles. The van der Waals surface area contributed by atoms with E-state index in [1.165, 1.54) is 23.6 Å². The molecule has 7 nitrogen and oxygen atoms in total. The Balaban J connectivity index is 1.61. The monoisotopic (exact) mass is 443 g/mol. The second-order valence-electron chi connectivity index (χ2n) is 6.29. The third-order valence-corrected chi connectivity index (χ3v) is 5.53. The highest BCUT2D eigenvalue weighted by Crippen LogP contribution is 2.41. The van der Waals surface area contributed by atoms with Gasteiger partial charge in [0.05, 0.1) is 17.2 Å². The summed E-state index contributed by atoms with van der Waals surface area (Å²) < 4.78 is 21.9. The van der Waals surface area contributed by atoms with E-state index in [4.69, 9.17) is 31.2 Å². The molecule has 154 valence electrons. The molecule has 0 radical (unpaired) electrons. The molecule has 0 spiro atoms. The standard InChI is InChI=1S/C21H17NO6S2/c1-3-25-17-8-13(4-6-16(17)28-12(2)23)9-19-20(24)22(21(29)30-19)14-5-7-15-18(10-14)27-11-26-15/h4-10H,3,11H2,1-2H3/b19-9+. The van der Waals surface area contributed by atoms with Crippen molar-refractivity contribution < 1.29 is 28.5 Å². The Bertz CT molecular complexity index is 1080. The van der Waals surface area contributed by atoms with E-state index in [1.54, 1.807) is 42.5 Å². The summed E-state index contributed by atoms with van der Waals surface area (Å²) >= 11 is 6.64. The van der Waals surface area contributed by atoms with Crippen LogP contribution in [0.1, 0.15) is 19.4 Å². The summed E-state index contributed by atoms with van der Waals surface area (Å²) in [5.74, 6) is 1.30. The molecule has 2 aliphatic heterocycles. The summed E-state index contributed by atoms with van der Waals surface area (Å²) in [6.45, 7) is 3.72. The molecule has 0 aromatic heterocycles. The zero-order valence-corrected chi connectivity index (χ0v) is 17.8. The van der Waals surface area contributed by atoms with Crippen LogP contribution in [0.2, 0.25) is 0 Å². The zero-order valence-electron chi connectivity index (χ0n) is 16.2. The van der Waals surface area contributed by atoms with Gasteiger partial charge in [0.25, 0.3) is 5.91 Å². The molecule has 2 aromatic rings. The van der Waals surface area contributed by atoms with Gasteiger partial charge in [-0.2, -0.15) is 0 Å². The molecule has 1 saturated heterocycles. The summed E-state index contributed by atoms with van der Waals surface area (Å²) in [5.41, 5.74) is 1.34. The SMILES string of the molecule is CCOc1cc(/C=C2/SC(=S)N(c3ccc4c(c3)OCO4)C2=O)ccc1OC(C)=O. The van der Waals surface area contributed by atoms with Crippen molar-refractivity contribution in [1.82, 2.24) is 0 Å². The molecule has 9 heteroatoms. The van der Waals surface area contributed by atoms with Crippen LogP contribution in [0.3, 0.4) is 0 Å². The highest BCUT2D eigenvalue weighted by molar-refractivity contribution is 8.27. The average Bonchev–Trinajstić information content (AvgIpc) is 3.27. The van der Waals surface area contributed by atoms with E-state index in [9.17, 15) is 9.59 Å². The van der Waals surface area contributed by atoms with E-state index in [0.717, 1.165) is 5.56 Å². The Hall–Kier alpha value is -3.04. The van der Waals surface area contributed by atoms with Gasteiger partial charge in [-0.3, -0.25) is 14.5 Å². The summed E-state index contributed by atoms with van der Waals surface area (Å²) in [6.07, 6.45) is 1.73. The van der Waals surface area contributed by atoms with E-state index >= 15 is 0 Å². The van der Waals surface area contributed by atoms with Gasteiger partial charge in [-0.1, -0.05) is 30.0 Å². The van der Waals surface area contributed by atoms with Crippen molar-refractivity contribution in [1.29, 1.82) is 0 Å². The molecule has 1 amide bonds. The Kier molecular flexibility index (Phi) is 5.65. The molecule has 0 aliphatic carbocycles. The number of carbonyl (C=O) groups excluding carboxylic acids is 2. The van der Waals surface area contributed by atoms with Gasteiger partial charge in [-0.05, 0) is 42.8 Å². The van der Waals surface area contributed by atoms with Gasteiger partial charge in [0.2, 0.25) is 6.79 Å². The first kappa shape index (κ1) is 20.2. The Morgan fingerprint density at radius 1 is 1.20 bits per heavy atom. The zero-order chi connectivity index (χ0) is 21.3. The minimum absolute atomic E-state index is 0.155. The number of anilines is 1. The average molecular weight is 444 g/mol. The smallest absolute Gasteiger partial charge is 0.308 e. The first-order valence-electron chi connectivity index (χ1n) is 9.09. The molecule has 0 unspecified atom stereocenters. The predicted molar refractivity (Wildman–Crippen MR) is 117 cm³/mol.